The highest BCUT2D eigenvalue weighted by Crippen LogP contribution is 2.28. The van der Waals surface area contributed by atoms with Gasteiger partial charge in [-0.05, 0) is 41.5 Å². The molecule has 1 aliphatic heterocycles. The lowest BCUT2D eigenvalue weighted by molar-refractivity contribution is 0.0791. The van der Waals surface area contributed by atoms with Crippen LogP contribution in [0.1, 0.15) is 23.2 Å². The Bertz CT molecular complexity index is 1190. The minimum Gasteiger partial charge on any atom is -0.491 e. The molecule has 0 unspecified atom stereocenters. The third-order valence-electron chi connectivity index (χ3n) is 6.16. The topological polar surface area (TPSA) is 86.3 Å². The van der Waals surface area contributed by atoms with Gasteiger partial charge in [-0.1, -0.05) is 36.4 Å². The Morgan fingerprint density at radius 3 is 2.38 bits per heavy atom. The second kappa shape index (κ2) is 12.8. The molecule has 0 aliphatic carbocycles. The van der Waals surface area contributed by atoms with Gasteiger partial charge >= 0.3 is 6.09 Å². The van der Waals surface area contributed by atoms with Crippen LogP contribution in [0.15, 0.2) is 72.8 Å². The van der Waals surface area contributed by atoms with Gasteiger partial charge in [-0.25, -0.2) is 4.79 Å². The smallest absolute Gasteiger partial charge is 0.409 e. The molecule has 1 aliphatic rings. The molecule has 0 aromatic heterocycles. The van der Waals surface area contributed by atoms with Crippen LogP contribution >= 0.6 is 0 Å². The van der Waals surface area contributed by atoms with E-state index in [0.717, 1.165) is 29.7 Å². The second-order valence-electron chi connectivity index (χ2n) is 8.67. The van der Waals surface area contributed by atoms with E-state index < -0.39 is 0 Å². The zero-order chi connectivity index (χ0) is 26.0. The molecule has 4 rings (SSSR count). The first kappa shape index (κ1) is 26.0. The third-order valence-corrected chi connectivity index (χ3v) is 6.16. The van der Waals surface area contributed by atoms with Crippen molar-refractivity contribution in [2.75, 3.05) is 45.8 Å². The van der Waals surface area contributed by atoms with Crippen LogP contribution in [0.3, 0.4) is 0 Å². The van der Waals surface area contributed by atoms with Gasteiger partial charge in [0.15, 0.2) is 0 Å². The lowest BCUT2D eigenvalue weighted by atomic mass is 9.99. The van der Waals surface area contributed by atoms with Crippen LogP contribution in [0.25, 0.3) is 11.1 Å². The molecule has 1 N–H and O–H groups in total. The monoisotopic (exact) mass is 504 g/mol. The van der Waals surface area contributed by atoms with Gasteiger partial charge in [0.2, 0.25) is 0 Å². The summed E-state index contributed by atoms with van der Waals surface area (Å²) in [5, 5.41) is 2.99. The predicted molar refractivity (Wildman–Crippen MR) is 141 cm³/mol. The lowest BCUT2D eigenvalue weighted by Crippen LogP contribution is -2.41. The Hall–Kier alpha value is -4.04. The Kier molecular flexibility index (Phi) is 8.99. The summed E-state index contributed by atoms with van der Waals surface area (Å²) < 4.78 is 21.6. The minimum absolute atomic E-state index is 0.00552. The first-order valence-corrected chi connectivity index (χ1v) is 12.3. The van der Waals surface area contributed by atoms with Gasteiger partial charge in [0.25, 0.3) is 5.91 Å². The van der Waals surface area contributed by atoms with E-state index in [1.54, 1.807) is 12.0 Å². The molecule has 8 nitrogen and oxygen atoms in total. The summed E-state index contributed by atoms with van der Waals surface area (Å²) >= 11 is 0. The molecular formula is C29H32N2O6. The highest BCUT2D eigenvalue weighted by Gasteiger charge is 2.24. The highest BCUT2D eigenvalue weighted by molar-refractivity contribution is 6.08. The number of methoxy groups -OCH3 is 2. The number of carbonyl (C=O) groups is 2. The molecule has 3 aromatic rings. The van der Waals surface area contributed by atoms with Crippen molar-refractivity contribution in [1.29, 1.82) is 0 Å². The maximum atomic E-state index is 13.2. The van der Waals surface area contributed by atoms with Crippen molar-refractivity contribution >= 4 is 17.7 Å². The summed E-state index contributed by atoms with van der Waals surface area (Å²) in [6.07, 6.45) is 1.12. The molecule has 8 heteroatoms. The summed E-state index contributed by atoms with van der Waals surface area (Å²) in [6.45, 7) is 2.17. The van der Waals surface area contributed by atoms with Gasteiger partial charge in [0.1, 0.15) is 24.2 Å². The van der Waals surface area contributed by atoms with Crippen molar-refractivity contribution in [3.8, 4) is 22.6 Å². The number of likely N-dealkylation sites (tertiary alicyclic amines) is 1. The number of hydrogen-bond acceptors (Lipinski definition) is 6. The summed E-state index contributed by atoms with van der Waals surface area (Å²) in [6, 6.07) is 22.5. The number of nitrogens with zero attached hydrogens (tertiary/aromatic N) is 1. The van der Waals surface area contributed by atoms with Crippen molar-refractivity contribution in [2.24, 2.45) is 0 Å². The molecular weight excluding hydrogens is 472 g/mol. The van der Waals surface area contributed by atoms with E-state index in [9.17, 15) is 9.59 Å². The van der Waals surface area contributed by atoms with Crippen LogP contribution in [-0.2, 0) is 9.47 Å². The summed E-state index contributed by atoms with van der Waals surface area (Å²) in [5.74, 6) is 1.21. The second-order valence-corrected chi connectivity index (χ2v) is 8.67. The molecule has 1 saturated heterocycles. The van der Waals surface area contributed by atoms with E-state index in [2.05, 4.69) is 5.32 Å². The van der Waals surface area contributed by atoms with Gasteiger partial charge in [-0.2, -0.15) is 0 Å². The Labute approximate surface area is 217 Å². The molecule has 0 spiro atoms. The Morgan fingerprint density at radius 2 is 1.65 bits per heavy atom. The maximum absolute atomic E-state index is 13.2. The van der Waals surface area contributed by atoms with Crippen molar-refractivity contribution in [3.63, 3.8) is 0 Å². The molecule has 0 bridgehead atoms. The van der Waals surface area contributed by atoms with E-state index in [1.165, 1.54) is 7.11 Å². The van der Waals surface area contributed by atoms with Gasteiger partial charge in [0, 0.05) is 50.4 Å². The van der Waals surface area contributed by atoms with Crippen molar-refractivity contribution in [3.05, 3.63) is 78.4 Å². The van der Waals surface area contributed by atoms with Crippen molar-refractivity contribution in [2.45, 2.75) is 18.9 Å². The Balaban J connectivity index is 1.40. The fraction of sp³-hybridized carbons (Fsp3) is 0.310. The SMILES string of the molecule is COCCOc1ccc(-c2ccccc2C(=O)Nc2cccc(OC3CCN(C(=O)OC)CC3)c2)cc1. The first-order valence-electron chi connectivity index (χ1n) is 12.3. The fourth-order valence-corrected chi connectivity index (χ4v) is 4.23. The minimum atomic E-state index is -0.310. The number of carbonyl (C=O) groups excluding carboxylic acids is 2. The standard InChI is InChI=1S/C29H32N2O6/c1-34-18-19-36-23-12-10-21(11-13-23)26-8-3-4-9-27(26)28(32)30-22-6-5-7-25(20-22)37-24-14-16-31(17-15-24)29(33)35-2/h3-13,20,24H,14-19H2,1-2H3,(H,30,32). The van der Waals surface area contributed by atoms with E-state index >= 15 is 0 Å². The number of anilines is 1. The molecule has 37 heavy (non-hydrogen) atoms. The molecule has 194 valence electrons. The van der Waals surface area contributed by atoms with Crippen LogP contribution < -0.4 is 14.8 Å². The molecule has 3 aromatic carbocycles. The number of benzene rings is 3. The van der Waals surface area contributed by atoms with Crippen LogP contribution in [0.4, 0.5) is 10.5 Å². The maximum Gasteiger partial charge on any atom is 0.409 e. The van der Waals surface area contributed by atoms with Crippen LogP contribution in [0, 0.1) is 0 Å². The van der Waals surface area contributed by atoms with Crippen LogP contribution in [0.2, 0.25) is 0 Å². The molecule has 0 atom stereocenters. The molecule has 1 fully saturated rings. The molecule has 1 heterocycles. The molecule has 2 amide bonds. The van der Waals surface area contributed by atoms with E-state index in [1.807, 2.05) is 72.8 Å². The van der Waals surface area contributed by atoms with Crippen LogP contribution in [0.5, 0.6) is 11.5 Å². The van der Waals surface area contributed by atoms with E-state index in [-0.39, 0.29) is 18.1 Å². The van der Waals surface area contributed by atoms with Crippen molar-refractivity contribution < 1.29 is 28.5 Å². The molecule has 0 radical (unpaired) electrons. The number of ether oxygens (including phenoxy) is 4. The zero-order valence-corrected chi connectivity index (χ0v) is 21.1. The number of piperidine rings is 1. The lowest BCUT2D eigenvalue weighted by Gasteiger charge is -2.31. The van der Waals surface area contributed by atoms with E-state index in [0.29, 0.717) is 43.3 Å². The van der Waals surface area contributed by atoms with Crippen molar-refractivity contribution in [1.82, 2.24) is 4.90 Å². The number of amides is 2. The predicted octanol–water partition coefficient (Wildman–Crippen LogP) is 5.24. The Morgan fingerprint density at radius 1 is 0.892 bits per heavy atom. The number of rotatable bonds is 9. The van der Waals surface area contributed by atoms with Gasteiger partial charge < -0.3 is 29.2 Å². The summed E-state index contributed by atoms with van der Waals surface area (Å²) in [7, 11) is 3.02. The molecule has 0 saturated carbocycles. The van der Waals surface area contributed by atoms with Gasteiger partial charge in [-0.3, -0.25) is 4.79 Å². The average Bonchev–Trinajstić information content (AvgIpc) is 2.94. The summed E-state index contributed by atoms with van der Waals surface area (Å²) in [4.78, 5) is 26.6. The highest BCUT2D eigenvalue weighted by atomic mass is 16.5. The zero-order valence-electron chi connectivity index (χ0n) is 21.1. The average molecular weight is 505 g/mol. The first-order chi connectivity index (χ1) is 18.1. The van der Waals surface area contributed by atoms with Gasteiger partial charge in [-0.15, -0.1) is 0 Å². The summed E-state index contributed by atoms with van der Waals surface area (Å²) in [5.41, 5.74) is 2.96. The fourth-order valence-electron chi connectivity index (χ4n) is 4.23. The quantitative estimate of drug-likeness (QED) is 0.401. The van der Waals surface area contributed by atoms with Crippen LogP contribution in [-0.4, -0.2) is 63.5 Å². The number of hydrogen-bond donors (Lipinski definition) is 1. The largest absolute Gasteiger partial charge is 0.491 e. The normalized spacial score (nSPS) is 13.6. The van der Waals surface area contributed by atoms with Gasteiger partial charge in [0.05, 0.1) is 13.7 Å². The number of nitrogens with one attached hydrogen (secondary N) is 1. The third kappa shape index (κ3) is 7.01. The van der Waals surface area contributed by atoms with E-state index in [4.69, 9.17) is 18.9 Å².